The number of hydrogen-bond acceptors (Lipinski definition) is 4. The zero-order valence-electron chi connectivity index (χ0n) is 13.8. The van der Waals surface area contributed by atoms with Gasteiger partial charge in [-0.25, -0.2) is 4.79 Å². The number of cyclic esters (lactones) is 1. The van der Waals surface area contributed by atoms with Crippen LogP contribution in [0.25, 0.3) is 0 Å². The fourth-order valence-electron chi connectivity index (χ4n) is 2.74. The van der Waals surface area contributed by atoms with Gasteiger partial charge in [0.2, 0.25) is 0 Å². The second-order valence-corrected chi connectivity index (χ2v) is 6.20. The summed E-state index contributed by atoms with van der Waals surface area (Å²) >= 11 is 0. The van der Waals surface area contributed by atoms with E-state index in [2.05, 4.69) is 6.92 Å². The highest BCUT2D eigenvalue weighted by Gasteiger charge is 2.21. The van der Waals surface area contributed by atoms with Crippen LogP contribution in [0.4, 0.5) is 0 Å². The summed E-state index contributed by atoms with van der Waals surface area (Å²) in [6.45, 7) is 2.20. The van der Waals surface area contributed by atoms with E-state index in [4.69, 9.17) is 4.74 Å². The van der Waals surface area contributed by atoms with Crippen LogP contribution in [0.1, 0.15) is 77.6 Å². The molecule has 0 bridgehead atoms. The van der Waals surface area contributed by atoms with Crippen LogP contribution < -0.4 is 0 Å². The van der Waals surface area contributed by atoms with Gasteiger partial charge in [-0.1, -0.05) is 51.5 Å². The Hall–Kier alpha value is -1.16. The molecule has 0 amide bonds. The molecule has 4 heteroatoms. The van der Waals surface area contributed by atoms with E-state index in [9.17, 15) is 14.7 Å². The minimum atomic E-state index is -0.707. The number of esters is 1. The first kappa shape index (κ1) is 18.9. The fraction of sp³-hybridized carbons (Fsp3) is 0.778. The van der Waals surface area contributed by atoms with E-state index in [1.165, 1.54) is 38.2 Å². The zero-order valence-corrected chi connectivity index (χ0v) is 13.8. The first-order valence-corrected chi connectivity index (χ1v) is 8.68. The SMILES string of the molecule is CCCCCCCCCC(=O)C[C@H](O)CC1CC=CC(=O)O1. The van der Waals surface area contributed by atoms with Crippen molar-refractivity contribution in [2.24, 2.45) is 0 Å². The van der Waals surface area contributed by atoms with Crippen molar-refractivity contribution in [3.8, 4) is 0 Å². The van der Waals surface area contributed by atoms with Crippen molar-refractivity contribution >= 4 is 11.8 Å². The molecule has 0 radical (unpaired) electrons. The van der Waals surface area contributed by atoms with Gasteiger partial charge >= 0.3 is 5.97 Å². The van der Waals surface area contributed by atoms with Gasteiger partial charge in [0.25, 0.3) is 0 Å². The number of hydrogen-bond donors (Lipinski definition) is 1. The Kier molecular flexibility index (Phi) is 9.80. The Labute approximate surface area is 133 Å². The molecular formula is C18H30O4. The molecule has 1 aliphatic rings. The Morgan fingerprint density at radius 3 is 2.64 bits per heavy atom. The summed E-state index contributed by atoms with van der Waals surface area (Å²) in [7, 11) is 0. The highest BCUT2D eigenvalue weighted by Crippen LogP contribution is 2.16. The molecule has 4 nitrogen and oxygen atoms in total. The summed E-state index contributed by atoms with van der Waals surface area (Å²) in [6, 6.07) is 0. The molecule has 0 spiro atoms. The summed E-state index contributed by atoms with van der Waals surface area (Å²) < 4.78 is 5.09. The maximum absolute atomic E-state index is 11.8. The van der Waals surface area contributed by atoms with Crippen molar-refractivity contribution in [1.82, 2.24) is 0 Å². The van der Waals surface area contributed by atoms with E-state index >= 15 is 0 Å². The third-order valence-corrected chi connectivity index (χ3v) is 3.99. The average molecular weight is 310 g/mol. The number of Topliss-reactive ketones (excluding diaryl/α,β-unsaturated/α-hetero) is 1. The second kappa shape index (κ2) is 11.4. The molecule has 126 valence electrons. The normalized spacial score (nSPS) is 19.0. The summed E-state index contributed by atoms with van der Waals surface area (Å²) in [5.41, 5.74) is 0. The summed E-state index contributed by atoms with van der Waals surface area (Å²) in [6.07, 6.45) is 12.1. The smallest absolute Gasteiger partial charge is 0.330 e. The molecule has 22 heavy (non-hydrogen) atoms. The van der Waals surface area contributed by atoms with Crippen molar-refractivity contribution in [3.05, 3.63) is 12.2 Å². The molecule has 2 atom stereocenters. The maximum Gasteiger partial charge on any atom is 0.330 e. The Morgan fingerprint density at radius 1 is 1.27 bits per heavy atom. The molecule has 0 aromatic carbocycles. The van der Waals surface area contributed by atoms with Crippen LogP contribution in [0.3, 0.4) is 0 Å². The third kappa shape index (κ3) is 8.98. The van der Waals surface area contributed by atoms with Gasteiger partial charge in [0.1, 0.15) is 11.9 Å². The van der Waals surface area contributed by atoms with Gasteiger partial charge in [0, 0.05) is 31.8 Å². The van der Waals surface area contributed by atoms with Gasteiger partial charge in [-0.2, -0.15) is 0 Å². The van der Waals surface area contributed by atoms with Crippen LogP contribution in [0.5, 0.6) is 0 Å². The van der Waals surface area contributed by atoms with Crippen LogP contribution >= 0.6 is 0 Å². The van der Waals surface area contributed by atoms with Crippen LogP contribution in [-0.4, -0.2) is 29.1 Å². The van der Waals surface area contributed by atoms with E-state index in [0.29, 0.717) is 19.3 Å². The third-order valence-electron chi connectivity index (χ3n) is 3.99. The molecule has 0 aromatic rings. The summed E-state index contributed by atoms with van der Waals surface area (Å²) in [4.78, 5) is 22.9. The van der Waals surface area contributed by atoms with E-state index in [1.54, 1.807) is 6.08 Å². The van der Waals surface area contributed by atoms with E-state index in [1.807, 2.05) is 0 Å². The molecule has 1 rings (SSSR count). The van der Waals surface area contributed by atoms with Crippen LogP contribution in [0.2, 0.25) is 0 Å². The second-order valence-electron chi connectivity index (χ2n) is 6.20. The molecular weight excluding hydrogens is 280 g/mol. The molecule has 0 saturated heterocycles. The molecule has 1 unspecified atom stereocenters. The molecule has 0 aliphatic carbocycles. The average Bonchev–Trinajstić information content (AvgIpc) is 2.46. The zero-order chi connectivity index (χ0) is 16.2. The molecule has 1 aliphatic heterocycles. The number of ketones is 1. The predicted molar refractivity (Wildman–Crippen MR) is 86.5 cm³/mol. The molecule has 0 fully saturated rings. The number of ether oxygens (including phenoxy) is 1. The first-order chi connectivity index (χ1) is 10.6. The van der Waals surface area contributed by atoms with Crippen LogP contribution in [-0.2, 0) is 14.3 Å². The monoisotopic (exact) mass is 310 g/mol. The van der Waals surface area contributed by atoms with Crippen LogP contribution in [0, 0.1) is 0 Å². The van der Waals surface area contributed by atoms with Gasteiger partial charge in [-0.05, 0) is 6.42 Å². The Balaban J connectivity index is 2.04. The van der Waals surface area contributed by atoms with Gasteiger partial charge in [-0.3, -0.25) is 4.79 Å². The molecule has 0 aromatic heterocycles. The maximum atomic E-state index is 11.8. The van der Waals surface area contributed by atoms with Crippen molar-refractivity contribution < 1.29 is 19.4 Å². The lowest BCUT2D eigenvalue weighted by molar-refractivity contribution is -0.145. The number of rotatable bonds is 12. The number of unbranched alkanes of at least 4 members (excludes halogenated alkanes) is 6. The van der Waals surface area contributed by atoms with Gasteiger partial charge < -0.3 is 9.84 Å². The lowest BCUT2D eigenvalue weighted by Gasteiger charge is -2.21. The highest BCUT2D eigenvalue weighted by molar-refractivity contribution is 5.82. The lowest BCUT2D eigenvalue weighted by atomic mass is 10.00. The molecule has 0 saturated carbocycles. The predicted octanol–water partition coefficient (Wildman–Crippen LogP) is 3.71. The number of aliphatic hydroxyl groups excluding tert-OH is 1. The fourth-order valence-corrected chi connectivity index (χ4v) is 2.74. The van der Waals surface area contributed by atoms with E-state index in [0.717, 1.165) is 12.8 Å². The molecule has 1 heterocycles. The Bertz CT molecular complexity index is 362. The minimum absolute atomic E-state index is 0.110. The lowest BCUT2D eigenvalue weighted by Crippen LogP contribution is -2.26. The van der Waals surface area contributed by atoms with Crippen molar-refractivity contribution in [3.63, 3.8) is 0 Å². The van der Waals surface area contributed by atoms with Crippen molar-refractivity contribution in [2.45, 2.75) is 89.8 Å². The van der Waals surface area contributed by atoms with Gasteiger partial charge in [0.05, 0.1) is 6.10 Å². The quantitative estimate of drug-likeness (QED) is 0.441. The van der Waals surface area contributed by atoms with Gasteiger partial charge in [-0.15, -0.1) is 0 Å². The summed E-state index contributed by atoms with van der Waals surface area (Å²) in [5, 5.41) is 9.92. The van der Waals surface area contributed by atoms with Crippen molar-refractivity contribution in [1.29, 1.82) is 0 Å². The van der Waals surface area contributed by atoms with E-state index in [-0.39, 0.29) is 24.3 Å². The minimum Gasteiger partial charge on any atom is -0.459 e. The number of aliphatic hydroxyl groups is 1. The van der Waals surface area contributed by atoms with E-state index < -0.39 is 6.10 Å². The first-order valence-electron chi connectivity index (χ1n) is 8.68. The van der Waals surface area contributed by atoms with Gasteiger partial charge in [0.15, 0.2) is 0 Å². The Morgan fingerprint density at radius 2 is 1.95 bits per heavy atom. The van der Waals surface area contributed by atoms with Crippen molar-refractivity contribution in [2.75, 3.05) is 0 Å². The highest BCUT2D eigenvalue weighted by atomic mass is 16.5. The standard InChI is InChI=1S/C18H30O4/c1-2-3-4-5-6-7-8-10-15(19)13-16(20)14-17-11-9-12-18(21)22-17/h9,12,16-17,20H,2-8,10-11,13-14H2,1H3/t16-,17?/m0/s1. The number of carbonyl (C=O) groups is 2. The largest absolute Gasteiger partial charge is 0.459 e. The number of carbonyl (C=O) groups excluding carboxylic acids is 2. The summed E-state index contributed by atoms with van der Waals surface area (Å²) in [5.74, 6) is -0.253. The molecule has 1 N–H and O–H groups in total. The van der Waals surface area contributed by atoms with Crippen LogP contribution in [0.15, 0.2) is 12.2 Å². The topological polar surface area (TPSA) is 63.6 Å².